The summed E-state index contributed by atoms with van der Waals surface area (Å²) < 4.78 is 26.8. The minimum absolute atomic E-state index is 0.110. The number of aliphatic carboxylic acids is 1. The van der Waals surface area contributed by atoms with Gasteiger partial charge in [0.05, 0.1) is 0 Å². The number of aryl methyl sites for hydroxylation is 1. The van der Waals surface area contributed by atoms with Gasteiger partial charge in [-0.3, -0.25) is 14.2 Å². The van der Waals surface area contributed by atoms with Crippen molar-refractivity contribution in [3.63, 3.8) is 0 Å². The third kappa shape index (κ3) is 2.80. The van der Waals surface area contributed by atoms with Crippen molar-refractivity contribution in [2.45, 2.75) is 11.8 Å². The third-order valence-corrected chi connectivity index (χ3v) is 4.60. The quantitative estimate of drug-likeness (QED) is 0.684. The summed E-state index contributed by atoms with van der Waals surface area (Å²) in [6.45, 7) is 0.582. The van der Waals surface area contributed by atoms with Gasteiger partial charge in [-0.2, -0.15) is 4.31 Å². The lowest BCUT2D eigenvalue weighted by molar-refractivity contribution is -0.137. The Morgan fingerprint density at radius 1 is 1.35 bits per heavy atom. The molecule has 10 heteroatoms. The fourth-order valence-electron chi connectivity index (χ4n) is 1.61. The van der Waals surface area contributed by atoms with Crippen LogP contribution < -0.4 is 11.2 Å². The predicted octanol–water partition coefficient (Wildman–Crippen LogP) is -1.82. The zero-order valence-electron chi connectivity index (χ0n) is 11.2. The molecule has 0 aromatic carbocycles. The van der Waals surface area contributed by atoms with Gasteiger partial charge in [0.1, 0.15) is 6.54 Å². The number of rotatable bonds is 5. The molecule has 0 aliphatic heterocycles. The predicted molar refractivity (Wildman–Crippen MR) is 69.0 cm³/mol. The van der Waals surface area contributed by atoms with Crippen LogP contribution in [0.4, 0.5) is 0 Å². The number of aromatic nitrogens is 2. The summed E-state index contributed by atoms with van der Waals surface area (Å²) in [5.74, 6) is -1.34. The average molecular weight is 305 g/mol. The Bertz CT molecular complexity index is 745. The first kappa shape index (κ1) is 16.1. The summed E-state index contributed by atoms with van der Waals surface area (Å²) in [5, 5.41) is 8.70. The highest BCUT2D eigenvalue weighted by Gasteiger charge is 2.29. The first-order chi connectivity index (χ1) is 9.12. The van der Waals surface area contributed by atoms with Crippen molar-refractivity contribution in [1.29, 1.82) is 0 Å². The molecule has 20 heavy (non-hydrogen) atoms. The van der Waals surface area contributed by atoms with Crippen LogP contribution in [-0.4, -0.2) is 46.0 Å². The molecule has 112 valence electrons. The summed E-state index contributed by atoms with van der Waals surface area (Å²) in [6.07, 6.45) is 0.893. The lowest BCUT2D eigenvalue weighted by Crippen LogP contribution is -2.43. The number of hydrogen-bond donors (Lipinski definition) is 1. The van der Waals surface area contributed by atoms with E-state index in [1.807, 2.05) is 0 Å². The highest BCUT2D eigenvalue weighted by atomic mass is 32.2. The zero-order valence-corrected chi connectivity index (χ0v) is 12.0. The zero-order chi connectivity index (χ0) is 15.7. The third-order valence-electron chi connectivity index (χ3n) is 2.70. The van der Waals surface area contributed by atoms with Gasteiger partial charge in [-0.25, -0.2) is 13.2 Å². The van der Waals surface area contributed by atoms with Crippen LogP contribution in [0.2, 0.25) is 0 Å². The second-order valence-corrected chi connectivity index (χ2v) is 5.98. The maximum absolute atomic E-state index is 12.3. The Labute approximate surface area is 114 Å². The van der Waals surface area contributed by atoms with E-state index in [0.29, 0.717) is 8.87 Å². The largest absolute Gasteiger partial charge is 0.480 e. The minimum atomic E-state index is -4.28. The van der Waals surface area contributed by atoms with E-state index < -0.39 is 38.7 Å². The number of carboxylic acid groups (broad SMARTS) is 1. The Hall–Kier alpha value is -1.94. The Kier molecular flexibility index (Phi) is 4.50. The molecule has 0 spiro atoms. The van der Waals surface area contributed by atoms with Gasteiger partial charge in [-0.05, 0) is 0 Å². The lowest BCUT2D eigenvalue weighted by Gasteiger charge is -2.18. The van der Waals surface area contributed by atoms with E-state index in [1.54, 1.807) is 0 Å². The van der Waals surface area contributed by atoms with E-state index in [4.69, 9.17) is 5.11 Å². The van der Waals surface area contributed by atoms with Crippen LogP contribution in [0.1, 0.15) is 6.92 Å². The van der Waals surface area contributed by atoms with Gasteiger partial charge in [0.2, 0.25) is 0 Å². The standard InChI is InChI=1S/C10H15N3O6S/c1-4-13(6-8(14)15)20(18,19)7-5-11(2)10(17)12(3)9(7)16/h5H,4,6H2,1-3H3,(H,14,15). The molecule has 0 fully saturated rings. The number of hydrogen-bond acceptors (Lipinski definition) is 5. The molecular weight excluding hydrogens is 290 g/mol. The van der Waals surface area contributed by atoms with E-state index >= 15 is 0 Å². The van der Waals surface area contributed by atoms with Gasteiger partial charge < -0.3 is 9.67 Å². The van der Waals surface area contributed by atoms with Gasteiger partial charge in [0.15, 0.2) is 4.90 Å². The molecule has 0 saturated carbocycles. The van der Waals surface area contributed by atoms with Crippen LogP contribution in [0.5, 0.6) is 0 Å². The Balaban J connectivity index is 3.54. The molecule has 0 saturated heterocycles. The molecule has 1 rings (SSSR count). The molecule has 1 heterocycles. The second-order valence-electron chi connectivity index (χ2n) is 4.08. The van der Waals surface area contributed by atoms with Crippen LogP contribution in [0.3, 0.4) is 0 Å². The van der Waals surface area contributed by atoms with Gasteiger partial charge in [-0.15, -0.1) is 0 Å². The van der Waals surface area contributed by atoms with Gasteiger partial charge in [-0.1, -0.05) is 6.92 Å². The van der Waals surface area contributed by atoms with Crippen molar-refractivity contribution in [2.75, 3.05) is 13.1 Å². The Morgan fingerprint density at radius 2 is 1.90 bits per heavy atom. The number of likely N-dealkylation sites (N-methyl/N-ethyl adjacent to an activating group) is 1. The molecule has 0 aliphatic carbocycles. The molecule has 0 aliphatic rings. The summed E-state index contributed by atoms with van der Waals surface area (Å²) in [4.78, 5) is 33.4. The molecule has 1 N–H and O–H groups in total. The smallest absolute Gasteiger partial charge is 0.330 e. The monoisotopic (exact) mass is 305 g/mol. The summed E-state index contributed by atoms with van der Waals surface area (Å²) in [7, 11) is -1.83. The van der Waals surface area contributed by atoms with Gasteiger partial charge >= 0.3 is 11.7 Å². The maximum Gasteiger partial charge on any atom is 0.330 e. The van der Waals surface area contributed by atoms with Crippen LogP contribution in [0, 0.1) is 0 Å². The first-order valence-corrected chi connectivity index (χ1v) is 7.05. The van der Waals surface area contributed by atoms with Gasteiger partial charge in [0, 0.05) is 26.8 Å². The molecule has 1 aromatic rings. The average Bonchev–Trinajstić information content (AvgIpc) is 2.37. The summed E-state index contributed by atoms with van der Waals surface area (Å²) in [5.41, 5.74) is -1.66. The highest BCUT2D eigenvalue weighted by molar-refractivity contribution is 7.89. The van der Waals surface area contributed by atoms with Crippen LogP contribution in [0.15, 0.2) is 20.7 Å². The molecule has 9 nitrogen and oxygen atoms in total. The molecule has 0 atom stereocenters. The van der Waals surface area contributed by atoms with Crippen molar-refractivity contribution in [1.82, 2.24) is 13.4 Å². The fraction of sp³-hybridized carbons (Fsp3) is 0.500. The van der Waals surface area contributed by atoms with E-state index in [0.717, 1.165) is 17.8 Å². The van der Waals surface area contributed by atoms with Gasteiger partial charge in [0.25, 0.3) is 15.6 Å². The minimum Gasteiger partial charge on any atom is -0.480 e. The maximum atomic E-state index is 12.3. The van der Waals surface area contributed by atoms with Crippen LogP contribution >= 0.6 is 0 Å². The first-order valence-electron chi connectivity index (χ1n) is 5.61. The highest BCUT2D eigenvalue weighted by Crippen LogP contribution is 2.09. The number of carboxylic acids is 1. The lowest BCUT2D eigenvalue weighted by atomic mass is 10.6. The number of sulfonamides is 1. The Morgan fingerprint density at radius 3 is 2.35 bits per heavy atom. The molecule has 0 unspecified atom stereocenters. The van der Waals surface area contributed by atoms with Crippen molar-refractivity contribution in [3.05, 3.63) is 27.0 Å². The number of carbonyl (C=O) groups is 1. The van der Waals surface area contributed by atoms with Crippen molar-refractivity contribution < 1.29 is 18.3 Å². The van der Waals surface area contributed by atoms with Crippen molar-refractivity contribution in [2.24, 2.45) is 14.1 Å². The van der Waals surface area contributed by atoms with E-state index in [1.165, 1.54) is 14.0 Å². The van der Waals surface area contributed by atoms with E-state index in [-0.39, 0.29) is 6.54 Å². The molecular formula is C10H15N3O6S. The summed E-state index contributed by atoms with van der Waals surface area (Å²) in [6, 6.07) is 0. The van der Waals surface area contributed by atoms with Crippen molar-refractivity contribution in [3.8, 4) is 0 Å². The van der Waals surface area contributed by atoms with Crippen LogP contribution in [0.25, 0.3) is 0 Å². The van der Waals surface area contributed by atoms with Crippen molar-refractivity contribution >= 4 is 16.0 Å². The fourth-order valence-corrected chi connectivity index (χ4v) is 3.16. The molecule has 0 amide bonds. The SMILES string of the molecule is CCN(CC(=O)O)S(=O)(=O)c1cn(C)c(=O)n(C)c1=O. The second kappa shape index (κ2) is 5.59. The van der Waals surface area contributed by atoms with Crippen LogP contribution in [-0.2, 0) is 28.9 Å². The molecule has 0 bridgehead atoms. The topological polar surface area (TPSA) is 119 Å². The summed E-state index contributed by atoms with van der Waals surface area (Å²) >= 11 is 0. The number of nitrogens with zero attached hydrogens (tertiary/aromatic N) is 3. The molecule has 0 radical (unpaired) electrons. The normalized spacial score (nSPS) is 11.8. The molecule has 1 aromatic heterocycles. The van der Waals surface area contributed by atoms with E-state index in [9.17, 15) is 22.8 Å². The van der Waals surface area contributed by atoms with E-state index in [2.05, 4.69) is 0 Å².